The van der Waals surface area contributed by atoms with Crippen LogP contribution in [0.25, 0.3) is 0 Å². The average Bonchev–Trinajstić information content (AvgIpc) is 2.59. The largest absolute Gasteiger partial charge is 0.475 e. The van der Waals surface area contributed by atoms with Gasteiger partial charge in [0.25, 0.3) is 0 Å². The maximum absolute atomic E-state index is 5.84. The Kier molecular flexibility index (Phi) is 20.0. The summed E-state index contributed by atoms with van der Waals surface area (Å²) < 4.78 is 22.3. The molecule has 0 radical (unpaired) electrons. The minimum atomic E-state index is -0.0321. The van der Waals surface area contributed by atoms with Gasteiger partial charge in [-0.15, -0.1) is 0 Å². The van der Waals surface area contributed by atoms with Gasteiger partial charge < -0.3 is 18.9 Å². The van der Waals surface area contributed by atoms with Crippen molar-refractivity contribution in [3.63, 3.8) is 0 Å². The van der Waals surface area contributed by atoms with Crippen LogP contribution in [0, 0.1) is 0 Å². The lowest BCUT2D eigenvalue weighted by Gasteiger charge is -2.18. The van der Waals surface area contributed by atoms with Crippen molar-refractivity contribution >= 4 is 0 Å². The molecule has 0 spiro atoms. The zero-order valence-electron chi connectivity index (χ0n) is 16.3. The molecule has 0 saturated heterocycles. The van der Waals surface area contributed by atoms with Crippen LogP contribution in [0.4, 0.5) is 0 Å². The number of rotatable bonds is 19. The molecule has 0 bridgehead atoms. The van der Waals surface area contributed by atoms with E-state index in [1.165, 1.54) is 0 Å². The fourth-order valence-electron chi connectivity index (χ4n) is 2.04. The van der Waals surface area contributed by atoms with E-state index in [2.05, 4.69) is 26.8 Å². The van der Waals surface area contributed by atoms with Crippen LogP contribution in [0.1, 0.15) is 85.0 Å². The first kappa shape index (κ1) is 23.4. The molecule has 0 fully saturated rings. The number of hydrogen-bond acceptors (Lipinski definition) is 4. The van der Waals surface area contributed by atoms with E-state index in [-0.39, 0.29) is 6.29 Å². The maximum atomic E-state index is 5.84. The molecule has 0 aromatic carbocycles. The van der Waals surface area contributed by atoms with Crippen LogP contribution in [0.3, 0.4) is 0 Å². The molecule has 0 N–H and O–H groups in total. The fraction of sp³-hybridized carbons (Fsp3) is 0.900. The predicted octanol–water partition coefficient (Wildman–Crippen LogP) is 5.81. The third-order valence-corrected chi connectivity index (χ3v) is 3.65. The topological polar surface area (TPSA) is 36.9 Å². The summed E-state index contributed by atoms with van der Waals surface area (Å²) >= 11 is 0. The highest BCUT2D eigenvalue weighted by Crippen LogP contribution is 2.10. The highest BCUT2D eigenvalue weighted by molar-refractivity contribution is 4.72. The summed E-state index contributed by atoms with van der Waals surface area (Å²) in [5.41, 5.74) is 0. The summed E-state index contributed by atoms with van der Waals surface area (Å²) in [5.74, 6) is 0. The van der Waals surface area contributed by atoms with Crippen LogP contribution in [0.2, 0.25) is 0 Å². The summed E-state index contributed by atoms with van der Waals surface area (Å²) in [6.07, 6.45) is 14.8. The van der Waals surface area contributed by atoms with Crippen LogP contribution >= 0.6 is 0 Å². The Morgan fingerprint density at radius 1 is 0.750 bits per heavy atom. The zero-order chi connectivity index (χ0) is 17.7. The summed E-state index contributed by atoms with van der Waals surface area (Å²) in [6, 6.07) is 0. The van der Waals surface area contributed by atoms with E-state index in [4.69, 9.17) is 18.9 Å². The van der Waals surface area contributed by atoms with Gasteiger partial charge in [-0.1, -0.05) is 40.0 Å². The van der Waals surface area contributed by atoms with Crippen LogP contribution in [-0.4, -0.2) is 32.9 Å². The lowest BCUT2D eigenvalue weighted by Crippen LogP contribution is -2.18. The van der Waals surface area contributed by atoms with Gasteiger partial charge in [0, 0.05) is 13.2 Å². The van der Waals surface area contributed by atoms with Gasteiger partial charge in [0.15, 0.2) is 13.1 Å². The summed E-state index contributed by atoms with van der Waals surface area (Å²) in [4.78, 5) is 0. The number of allylic oxidation sites excluding steroid dienone is 1. The Balaban J connectivity index is 3.58. The van der Waals surface area contributed by atoms with Crippen molar-refractivity contribution in [1.29, 1.82) is 0 Å². The van der Waals surface area contributed by atoms with Gasteiger partial charge in [-0.05, 0) is 51.0 Å². The Morgan fingerprint density at radius 2 is 1.38 bits per heavy atom. The number of ether oxygens (including phenoxy) is 4. The Labute approximate surface area is 149 Å². The van der Waals surface area contributed by atoms with Gasteiger partial charge in [-0.3, -0.25) is 0 Å². The van der Waals surface area contributed by atoms with Gasteiger partial charge in [0.1, 0.15) is 0 Å². The summed E-state index contributed by atoms with van der Waals surface area (Å²) in [6.45, 7) is 9.26. The highest BCUT2D eigenvalue weighted by Gasteiger charge is 2.08. The van der Waals surface area contributed by atoms with E-state index in [0.29, 0.717) is 6.79 Å². The van der Waals surface area contributed by atoms with Crippen molar-refractivity contribution in [1.82, 2.24) is 0 Å². The second-order valence-corrected chi connectivity index (χ2v) is 6.08. The van der Waals surface area contributed by atoms with E-state index in [1.807, 2.05) is 0 Å². The Hall–Kier alpha value is -0.580. The molecule has 4 heteroatoms. The molecule has 0 amide bonds. The summed E-state index contributed by atoms with van der Waals surface area (Å²) in [7, 11) is 0. The van der Waals surface area contributed by atoms with Crippen molar-refractivity contribution in [3.05, 3.63) is 12.3 Å². The van der Waals surface area contributed by atoms with Gasteiger partial charge in [0.05, 0.1) is 12.9 Å². The zero-order valence-corrected chi connectivity index (χ0v) is 16.3. The van der Waals surface area contributed by atoms with E-state index >= 15 is 0 Å². The minimum absolute atomic E-state index is 0.0321. The molecule has 0 rings (SSSR count). The van der Waals surface area contributed by atoms with Crippen LogP contribution < -0.4 is 0 Å². The van der Waals surface area contributed by atoms with Crippen LogP contribution in [0.5, 0.6) is 0 Å². The molecule has 0 aromatic rings. The van der Waals surface area contributed by atoms with Crippen molar-refractivity contribution in [3.8, 4) is 0 Å². The van der Waals surface area contributed by atoms with Crippen molar-refractivity contribution in [2.24, 2.45) is 0 Å². The van der Waals surface area contributed by atoms with E-state index in [1.54, 1.807) is 6.26 Å². The molecular weight excluding hydrogens is 304 g/mol. The quantitative estimate of drug-likeness (QED) is 0.168. The SMILES string of the molecule is CCCCOCOC=CCCCCC(OCCCC)OCCCC. The molecule has 144 valence electrons. The van der Waals surface area contributed by atoms with Gasteiger partial charge in [0.2, 0.25) is 0 Å². The standard InChI is InChI=1S/C20H40O4/c1-4-7-15-21-19-22-16-13-11-10-12-14-20(23-17-8-5-2)24-18-9-6-3/h13,16,20H,4-12,14-15,17-19H2,1-3H3. The first-order chi connectivity index (χ1) is 11.8. The molecule has 0 aliphatic heterocycles. The minimum Gasteiger partial charge on any atom is -0.475 e. The van der Waals surface area contributed by atoms with Crippen molar-refractivity contribution < 1.29 is 18.9 Å². The van der Waals surface area contributed by atoms with Gasteiger partial charge in [-0.25, -0.2) is 0 Å². The number of unbranched alkanes of at least 4 members (excludes halogenated alkanes) is 5. The highest BCUT2D eigenvalue weighted by atomic mass is 16.7. The van der Waals surface area contributed by atoms with Crippen LogP contribution in [0.15, 0.2) is 12.3 Å². The predicted molar refractivity (Wildman–Crippen MR) is 99.9 cm³/mol. The Bertz CT molecular complexity index is 246. The lowest BCUT2D eigenvalue weighted by molar-refractivity contribution is -0.147. The third kappa shape index (κ3) is 17.8. The fourth-order valence-corrected chi connectivity index (χ4v) is 2.04. The van der Waals surface area contributed by atoms with Crippen molar-refractivity contribution in [2.75, 3.05) is 26.6 Å². The smallest absolute Gasteiger partial charge is 0.188 e. The molecule has 0 unspecified atom stereocenters. The molecule has 0 saturated carbocycles. The maximum Gasteiger partial charge on any atom is 0.188 e. The molecule has 24 heavy (non-hydrogen) atoms. The summed E-state index contributed by atoms with van der Waals surface area (Å²) in [5, 5.41) is 0. The van der Waals surface area contributed by atoms with E-state index < -0.39 is 0 Å². The monoisotopic (exact) mass is 344 g/mol. The van der Waals surface area contributed by atoms with Gasteiger partial charge in [-0.2, -0.15) is 0 Å². The third-order valence-electron chi connectivity index (χ3n) is 3.65. The molecule has 0 aromatic heterocycles. The Morgan fingerprint density at radius 3 is 2.00 bits per heavy atom. The average molecular weight is 345 g/mol. The molecular formula is C20H40O4. The molecule has 0 aliphatic carbocycles. The van der Waals surface area contributed by atoms with Crippen LogP contribution in [-0.2, 0) is 18.9 Å². The van der Waals surface area contributed by atoms with E-state index in [0.717, 1.165) is 84.0 Å². The molecule has 4 nitrogen and oxygen atoms in total. The molecule has 0 heterocycles. The molecule has 0 atom stereocenters. The first-order valence-corrected chi connectivity index (χ1v) is 9.92. The molecule has 0 aliphatic rings. The second kappa shape index (κ2) is 20.5. The van der Waals surface area contributed by atoms with Crippen molar-refractivity contribution in [2.45, 2.75) is 91.3 Å². The van der Waals surface area contributed by atoms with Gasteiger partial charge >= 0.3 is 0 Å². The second-order valence-electron chi connectivity index (χ2n) is 6.08. The normalized spacial score (nSPS) is 11.7. The number of hydrogen-bond donors (Lipinski definition) is 0. The lowest BCUT2D eigenvalue weighted by atomic mass is 10.2. The van der Waals surface area contributed by atoms with E-state index in [9.17, 15) is 0 Å². The first-order valence-electron chi connectivity index (χ1n) is 9.92.